The summed E-state index contributed by atoms with van der Waals surface area (Å²) >= 11 is 0. The second-order valence-electron chi connectivity index (χ2n) is 5.46. The Kier molecular flexibility index (Phi) is 3.55. The Morgan fingerprint density at radius 2 is 2.17 bits per heavy atom. The van der Waals surface area contributed by atoms with Gasteiger partial charge < -0.3 is 10.6 Å². The number of nitrogen functional groups attached to an aromatic ring is 1. The van der Waals surface area contributed by atoms with Gasteiger partial charge in [-0.15, -0.1) is 0 Å². The largest absolute Gasteiger partial charge is 0.384 e. The number of nitrogens with two attached hydrogens (primary N) is 1. The topological polar surface area (TPSA) is 66.0 Å². The van der Waals surface area contributed by atoms with Gasteiger partial charge in [0, 0.05) is 24.8 Å². The van der Waals surface area contributed by atoms with Gasteiger partial charge in [0.05, 0.1) is 11.9 Å². The molecular formula is C14H22N4. The van der Waals surface area contributed by atoms with Crippen LogP contribution < -0.4 is 10.6 Å². The summed E-state index contributed by atoms with van der Waals surface area (Å²) in [5, 5.41) is 7.63. The Balaban J connectivity index is 2.17. The number of hydrogen-bond acceptors (Lipinski definition) is 3. The van der Waals surface area contributed by atoms with Gasteiger partial charge in [-0.1, -0.05) is 20.3 Å². The van der Waals surface area contributed by atoms with E-state index in [1.54, 1.807) is 6.20 Å². The Hall–Kier alpha value is -1.58. The molecule has 0 aliphatic carbocycles. The van der Waals surface area contributed by atoms with Gasteiger partial charge >= 0.3 is 0 Å². The lowest BCUT2D eigenvalue weighted by Gasteiger charge is -2.40. The molecule has 4 heteroatoms. The highest BCUT2D eigenvalue weighted by atomic mass is 15.1. The number of anilines is 1. The molecule has 0 unspecified atom stereocenters. The van der Waals surface area contributed by atoms with Gasteiger partial charge in [-0.05, 0) is 24.3 Å². The van der Waals surface area contributed by atoms with Crippen LogP contribution in [0, 0.1) is 10.8 Å². The van der Waals surface area contributed by atoms with Crippen molar-refractivity contribution in [3.8, 4) is 0 Å². The summed E-state index contributed by atoms with van der Waals surface area (Å²) in [5.41, 5.74) is 7.90. The Morgan fingerprint density at radius 3 is 2.72 bits per heavy atom. The molecule has 0 atom stereocenters. The lowest BCUT2D eigenvalue weighted by molar-refractivity contribution is 0.238. The molecule has 0 spiro atoms. The Labute approximate surface area is 109 Å². The number of aromatic nitrogens is 1. The fourth-order valence-corrected chi connectivity index (χ4v) is 2.51. The smallest absolute Gasteiger partial charge is 0.125 e. The normalized spacial score (nSPS) is 18.7. The van der Waals surface area contributed by atoms with Crippen LogP contribution in [0.3, 0.4) is 0 Å². The van der Waals surface area contributed by atoms with Crippen LogP contribution in [0.1, 0.15) is 38.7 Å². The number of nitrogens with zero attached hydrogens (tertiary/aromatic N) is 2. The molecule has 1 fully saturated rings. The van der Waals surface area contributed by atoms with E-state index in [2.05, 4.69) is 23.7 Å². The van der Waals surface area contributed by atoms with E-state index in [1.165, 1.54) is 19.3 Å². The molecule has 18 heavy (non-hydrogen) atoms. The van der Waals surface area contributed by atoms with Crippen molar-refractivity contribution >= 4 is 11.5 Å². The second-order valence-corrected chi connectivity index (χ2v) is 5.46. The minimum absolute atomic E-state index is 0.122. The van der Waals surface area contributed by atoms with E-state index < -0.39 is 0 Å². The van der Waals surface area contributed by atoms with Gasteiger partial charge in [0.2, 0.25) is 0 Å². The lowest BCUT2D eigenvalue weighted by Crippen LogP contribution is -2.39. The van der Waals surface area contributed by atoms with Crippen molar-refractivity contribution < 1.29 is 0 Å². The highest BCUT2D eigenvalue weighted by Crippen LogP contribution is 2.36. The highest BCUT2D eigenvalue weighted by Gasteiger charge is 2.29. The molecule has 98 valence electrons. The number of amidine groups is 1. The number of rotatable bonds is 3. The van der Waals surface area contributed by atoms with Crippen LogP contribution in [0.5, 0.6) is 0 Å². The molecule has 1 aromatic heterocycles. The summed E-state index contributed by atoms with van der Waals surface area (Å²) in [6.07, 6.45) is 7.13. The molecule has 0 saturated carbocycles. The third kappa shape index (κ3) is 2.47. The number of pyridine rings is 1. The van der Waals surface area contributed by atoms with Crippen LogP contribution >= 0.6 is 0 Å². The van der Waals surface area contributed by atoms with E-state index >= 15 is 0 Å². The summed E-state index contributed by atoms with van der Waals surface area (Å²) in [4.78, 5) is 6.47. The first-order valence-electron chi connectivity index (χ1n) is 6.59. The zero-order chi connectivity index (χ0) is 13.2. The molecule has 1 saturated heterocycles. The molecule has 4 nitrogen and oxygen atoms in total. The van der Waals surface area contributed by atoms with Crippen molar-refractivity contribution in [1.29, 1.82) is 5.41 Å². The van der Waals surface area contributed by atoms with Crippen molar-refractivity contribution in [2.24, 2.45) is 11.1 Å². The fraction of sp³-hybridized carbons (Fsp3) is 0.571. The van der Waals surface area contributed by atoms with Crippen molar-refractivity contribution in [1.82, 2.24) is 4.98 Å². The quantitative estimate of drug-likeness (QED) is 0.635. The van der Waals surface area contributed by atoms with Crippen molar-refractivity contribution in [3.63, 3.8) is 0 Å². The summed E-state index contributed by atoms with van der Waals surface area (Å²) in [6.45, 7) is 6.67. The van der Waals surface area contributed by atoms with Crippen LogP contribution in [0.25, 0.3) is 0 Å². The zero-order valence-electron chi connectivity index (χ0n) is 11.2. The standard InChI is InChI=1S/C14H22N4/c1-3-14(2)5-8-18(9-6-14)12-10-17-7-4-11(12)13(15)16/h4,7,10H,3,5-6,8-9H2,1-2H3,(H3,15,16). The van der Waals surface area contributed by atoms with Crippen LogP contribution in [0.4, 0.5) is 5.69 Å². The van der Waals surface area contributed by atoms with Crippen molar-refractivity contribution in [2.45, 2.75) is 33.1 Å². The maximum Gasteiger partial charge on any atom is 0.125 e. The minimum atomic E-state index is 0.122. The monoisotopic (exact) mass is 246 g/mol. The maximum absolute atomic E-state index is 7.63. The second kappa shape index (κ2) is 4.96. The third-order valence-electron chi connectivity index (χ3n) is 4.26. The molecule has 2 rings (SSSR count). The average Bonchev–Trinajstić information content (AvgIpc) is 2.39. The summed E-state index contributed by atoms with van der Waals surface area (Å²) in [7, 11) is 0. The van der Waals surface area contributed by atoms with E-state index in [-0.39, 0.29) is 5.84 Å². The Morgan fingerprint density at radius 1 is 1.50 bits per heavy atom. The molecule has 0 bridgehead atoms. The maximum atomic E-state index is 7.63. The molecule has 2 heterocycles. The molecule has 0 radical (unpaired) electrons. The molecular weight excluding hydrogens is 224 g/mol. The van der Waals surface area contributed by atoms with Crippen LogP contribution in [-0.4, -0.2) is 23.9 Å². The highest BCUT2D eigenvalue weighted by molar-refractivity contribution is 6.00. The number of hydrogen-bond donors (Lipinski definition) is 2. The predicted octanol–water partition coefficient (Wildman–Crippen LogP) is 2.38. The molecule has 3 N–H and O–H groups in total. The van der Waals surface area contributed by atoms with Gasteiger partial charge in [-0.25, -0.2) is 0 Å². The van der Waals surface area contributed by atoms with Crippen molar-refractivity contribution in [3.05, 3.63) is 24.0 Å². The van der Waals surface area contributed by atoms with E-state index in [0.29, 0.717) is 5.41 Å². The van der Waals surface area contributed by atoms with Gasteiger partial charge in [0.1, 0.15) is 5.84 Å². The van der Waals surface area contributed by atoms with Gasteiger partial charge in [-0.2, -0.15) is 0 Å². The number of nitrogens with one attached hydrogen (secondary N) is 1. The Bertz CT molecular complexity index is 433. The summed E-state index contributed by atoms with van der Waals surface area (Å²) in [5.74, 6) is 0.122. The fourth-order valence-electron chi connectivity index (χ4n) is 2.51. The van der Waals surface area contributed by atoms with E-state index in [9.17, 15) is 0 Å². The first-order chi connectivity index (χ1) is 8.56. The SMILES string of the molecule is CCC1(C)CCN(c2cnccc2C(=N)N)CC1. The van der Waals surface area contributed by atoms with Crippen molar-refractivity contribution in [2.75, 3.05) is 18.0 Å². The van der Waals surface area contributed by atoms with Crippen LogP contribution in [0.15, 0.2) is 18.5 Å². The predicted molar refractivity (Wildman–Crippen MR) is 75.1 cm³/mol. The van der Waals surface area contributed by atoms with Crippen LogP contribution in [0.2, 0.25) is 0 Å². The van der Waals surface area contributed by atoms with Gasteiger partial charge in [0.15, 0.2) is 0 Å². The first kappa shape index (κ1) is 12.9. The molecule has 1 aliphatic heterocycles. The average molecular weight is 246 g/mol. The van der Waals surface area contributed by atoms with Crippen LogP contribution in [-0.2, 0) is 0 Å². The molecule has 0 amide bonds. The number of piperidine rings is 1. The lowest BCUT2D eigenvalue weighted by atomic mass is 9.78. The molecule has 1 aromatic rings. The summed E-state index contributed by atoms with van der Waals surface area (Å²) < 4.78 is 0. The van der Waals surface area contributed by atoms with E-state index in [1.807, 2.05) is 12.3 Å². The van der Waals surface area contributed by atoms with E-state index in [0.717, 1.165) is 24.3 Å². The molecule has 0 aromatic carbocycles. The third-order valence-corrected chi connectivity index (χ3v) is 4.26. The van der Waals surface area contributed by atoms with E-state index in [4.69, 9.17) is 11.1 Å². The van der Waals surface area contributed by atoms with Gasteiger partial charge in [0.25, 0.3) is 0 Å². The van der Waals surface area contributed by atoms with Gasteiger partial charge in [-0.3, -0.25) is 10.4 Å². The summed E-state index contributed by atoms with van der Waals surface area (Å²) in [6, 6.07) is 1.82. The molecule has 1 aliphatic rings. The zero-order valence-corrected chi connectivity index (χ0v) is 11.2. The first-order valence-corrected chi connectivity index (χ1v) is 6.59. The minimum Gasteiger partial charge on any atom is -0.384 e.